The molecule has 0 bridgehead atoms. The van der Waals surface area contributed by atoms with Gasteiger partial charge in [0.1, 0.15) is 6.61 Å². The van der Waals surface area contributed by atoms with Crippen molar-refractivity contribution in [1.29, 1.82) is 0 Å². The summed E-state index contributed by atoms with van der Waals surface area (Å²) in [6, 6.07) is 7.13. The van der Waals surface area contributed by atoms with Crippen LogP contribution in [0.1, 0.15) is 27.2 Å². The number of carbonyl (C=O) groups is 2. The van der Waals surface area contributed by atoms with Gasteiger partial charge >= 0.3 is 0 Å². The molecule has 0 aliphatic carbocycles. The molecule has 114 valence electrons. The van der Waals surface area contributed by atoms with Crippen molar-refractivity contribution in [2.24, 2.45) is 5.41 Å². The van der Waals surface area contributed by atoms with Gasteiger partial charge in [0, 0.05) is 5.41 Å². The molecule has 2 rings (SSSR count). The zero-order valence-electron chi connectivity index (χ0n) is 12.4. The standard InChI is InChI=1S/C15H20N2O4/c1-4-15(2,3)14(19)17-16-13(18)12-9-20-10-7-5-6-8-11(10)21-12/h5-8,12H,4,9H2,1-3H3,(H,16,18)(H,17,19). The van der Waals surface area contributed by atoms with Gasteiger partial charge in [0.2, 0.25) is 12.0 Å². The van der Waals surface area contributed by atoms with Crippen molar-refractivity contribution in [3.05, 3.63) is 24.3 Å². The molecule has 1 unspecified atom stereocenters. The summed E-state index contributed by atoms with van der Waals surface area (Å²) >= 11 is 0. The average molecular weight is 292 g/mol. The van der Waals surface area contributed by atoms with Crippen LogP contribution >= 0.6 is 0 Å². The van der Waals surface area contributed by atoms with E-state index >= 15 is 0 Å². The summed E-state index contributed by atoms with van der Waals surface area (Å²) in [5.74, 6) is 0.446. The predicted octanol–water partition coefficient (Wildman–Crippen LogP) is 1.41. The minimum atomic E-state index is -0.787. The molecule has 2 amide bonds. The maximum absolute atomic E-state index is 12.0. The molecule has 1 aromatic carbocycles. The van der Waals surface area contributed by atoms with Gasteiger partial charge in [-0.05, 0) is 18.6 Å². The van der Waals surface area contributed by atoms with Crippen LogP contribution in [0.25, 0.3) is 0 Å². The van der Waals surface area contributed by atoms with E-state index in [2.05, 4.69) is 10.9 Å². The highest BCUT2D eigenvalue weighted by atomic mass is 16.6. The van der Waals surface area contributed by atoms with Crippen LogP contribution in [0.3, 0.4) is 0 Å². The fourth-order valence-electron chi connectivity index (χ4n) is 1.68. The van der Waals surface area contributed by atoms with E-state index in [-0.39, 0.29) is 12.5 Å². The van der Waals surface area contributed by atoms with Crippen molar-refractivity contribution in [1.82, 2.24) is 10.9 Å². The summed E-state index contributed by atoms with van der Waals surface area (Å²) in [6.45, 7) is 5.64. The van der Waals surface area contributed by atoms with E-state index in [1.54, 1.807) is 18.2 Å². The molecular formula is C15H20N2O4. The van der Waals surface area contributed by atoms with Crippen LogP contribution in [0.5, 0.6) is 11.5 Å². The molecule has 6 nitrogen and oxygen atoms in total. The van der Waals surface area contributed by atoms with E-state index in [9.17, 15) is 9.59 Å². The van der Waals surface area contributed by atoms with Crippen LogP contribution in [0.15, 0.2) is 24.3 Å². The first-order valence-electron chi connectivity index (χ1n) is 6.93. The lowest BCUT2D eigenvalue weighted by atomic mass is 9.90. The third-order valence-corrected chi connectivity index (χ3v) is 3.60. The Morgan fingerprint density at radius 2 is 1.90 bits per heavy atom. The number of hydrogen-bond donors (Lipinski definition) is 2. The summed E-state index contributed by atoms with van der Waals surface area (Å²) in [7, 11) is 0. The number of nitrogens with one attached hydrogen (secondary N) is 2. The lowest BCUT2D eigenvalue weighted by Gasteiger charge is -2.26. The molecular weight excluding hydrogens is 272 g/mol. The Balaban J connectivity index is 1.90. The number of carbonyl (C=O) groups excluding carboxylic acids is 2. The second-order valence-corrected chi connectivity index (χ2v) is 5.55. The zero-order valence-corrected chi connectivity index (χ0v) is 12.4. The van der Waals surface area contributed by atoms with Gasteiger partial charge in [-0.1, -0.05) is 32.9 Å². The molecule has 1 aliphatic rings. The van der Waals surface area contributed by atoms with E-state index in [0.29, 0.717) is 17.9 Å². The minimum Gasteiger partial charge on any atom is -0.485 e. The van der Waals surface area contributed by atoms with Crippen LogP contribution in [0, 0.1) is 5.41 Å². The van der Waals surface area contributed by atoms with Gasteiger partial charge in [-0.25, -0.2) is 0 Å². The topological polar surface area (TPSA) is 76.7 Å². The number of fused-ring (bicyclic) bond motifs is 1. The van der Waals surface area contributed by atoms with Crippen molar-refractivity contribution in [2.75, 3.05) is 6.61 Å². The van der Waals surface area contributed by atoms with Gasteiger partial charge in [0.25, 0.3) is 5.91 Å². The number of para-hydroxylation sites is 2. The number of hydrazine groups is 1. The van der Waals surface area contributed by atoms with Crippen molar-refractivity contribution < 1.29 is 19.1 Å². The molecule has 1 heterocycles. The maximum atomic E-state index is 12.0. The molecule has 0 radical (unpaired) electrons. The second-order valence-electron chi connectivity index (χ2n) is 5.55. The zero-order chi connectivity index (χ0) is 15.5. The fraction of sp³-hybridized carbons (Fsp3) is 0.467. The van der Waals surface area contributed by atoms with Crippen molar-refractivity contribution in [2.45, 2.75) is 33.3 Å². The lowest BCUT2D eigenvalue weighted by Crippen LogP contribution is -2.53. The first-order chi connectivity index (χ1) is 9.94. The Morgan fingerprint density at radius 1 is 1.24 bits per heavy atom. The van der Waals surface area contributed by atoms with Crippen LogP contribution in [-0.2, 0) is 9.59 Å². The third-order valence-electron chi connectivity index (χ3n) is 3.60. The second kappa shape index (κ2) is 6.03. The molecule has 0 spiro atoms. The van der Waals surface area contributed by atoms with Crippen LogP contribution in [-0.4, -0.2) is 24.5 Å². The van der Waals surface area contributed by atoms with Gasteiger partial charge in [0.05, 0.1) is 0 Å². The highest BCUT2D eigenvalue weighted by Crippen LogP contribution is 2.30. The summed E-state index contributed by atoms with van der Waals surface area (Å²) in [4.78, 5) is 23.9. The van der Waals surface area contributed by atoms with Gasteiger partial charge in [-0.2, -0.15) is 0 Å². The first-order valence-corrected chi connectivity index (χ1v) is 6.93. The predicted molar refractivity (Wildman–Crippen MR) is 76.7 cm³/mol. The van der Waals surface area contributed by atoms with Gasteiger partial charge in [-0.3, -0.25) is 20.4 Å². The number of amides is 2. The van der Waals surface area contributed by atoms with Gasteiger partial charge < -0.3 is 9.47 Å². The maximum Gasteiger partial charge on any atom is 0.283 e. The number of ether oxygens (including phenoxy) is 2. The average Bonchev–Trinajstić information content (AvgIpc) is 2.51. The molecule has 6 heteroatoms. The van der Waals surface area contributed by atoms with Crippen molar-refractivity contribution >= 4 is 11.8 Å². The Labute approximate surface area is 123 Å². The fourth-order valence-corrected chi connectivity index (χ4v) is 1.68. The Bertz CT molecular complexity index is 542. The monoisotopic (exact) mass is 292 g/mol. The summed E-state index contributed by atoms with van der Waals surface area (Å²) < 4.78 is 11.0. The van der Waals surface area contributed by atoms with E-state index < -0.39 is 17.4 Å². The Morgan fingerprint density at radius 3 is 2.57 bits per heavy atom. The smallest absolute Gasteiger partial charge is 0.283 e. The quantitative estimate of drug-likeness (QED) is 0.826. The van der Waals surface area contributed by atoms with Crippen molar-refractivity contribution in [3.8, 4) is 11.5 Å². The summed E-state index contributed by atoms with van der Waals surface area (Å²) in [5, 5.41) is 0. The summed E-state index contributed by atoms with van der Waals surface area (Å²) in [5.41, 5.74) is 4.26. The highest BCUT2D eigenvalue weighted by molar-refractivity contribution is 5.87. The van der Waals surface area contributed by atoms with Crippen LogP contribution < -0.4 is 20.3 Å². The number of rotatable bonds is 3. The highest BCUT2D eigenvalue weighted by Gasteiger charge is 2.29. The molecule has 0 saturated heterocycles. The van der Waals surface area contributed by atoms with E-state index in [4.69, 9.17) is 9.47 Å². The largest absolute Gasteiger partial charge is 0.485 e. The molecule has 1 atom stereocenters. The summed E-state index contributed by atoms with van der Waals surface area (Å²) in [6.07, 6.45) is -0.115. The molecule has 1 aromatic rings. The minimum absolute atomic E-state index is 0.107. The SMILES string of the molecule is CCC(C)(C)C(=O)NNC(=O)C1COc2ccccc2O1. The normalized spacial score (nSPS) is 17.0. The van der Waals surface area contributed by atoms with Crippen LogP contribution in [0.2, 0.25) is 0 Å². The first kappa shape index (κ1) is 15.2. The van der Waals surface area contributed by atoms with Crippen LogP contribution in [0.4, 0.5) is 0 Å². The molecule has 0 fully saturated rings. The molecule has 2 N–H and O–H groups in total. The Kier molecular flexibility index (Phi) is 4.35. The van der Waals surface area contributed by atoms with E-state index in [1.807, 2.05) is 26.8 Å². The molecule has 0 saturated carbocycles. The third kappa shape index (κ3) is 3.45. The lowest BCUT2D eigenvalue weighted by molar-refractivity contribution is -0.138. The number of benzene rings is 1. The van der Waals surface area contributed by atoms with E-state index in [0.717, 1.165) is 0 Å². The number of hydrogen-bond acceptors (Lipinski definition) is 4. The molecule has 0 aromatic heterocycles. The van der Waals surface area contributed by atoms with Crippen molar-refractivity contribution in [3.63, 3.8) is 0 Å². The van der Waals surface area contributed by atoms with Gasteiger partial charge in [-0.15, -0.1) is 0 Å². The van der Waals surface area contributed by atoms with E-state index in [1.165, 1.54) is 0 Å². The van der Waals surface area contributed by atoms with Gasteiger partial charge in [0.15, 0.2) is 11.5 Å². The Hall–Kier alpha value is -2.24. The molecule has 1 aliphatic heterocycles. The molecule has 21 heavy (non-hydrogen) atoms.